The Labute approximate surface area is 105 Å². The molecule has 0 fully saturated rings. The summed E-state index contributed by atoms with van der Waals surface area (Å²) >= 11 is 0. The molecule has 0 atom stereocenters. The van der Waals surface area contributed by atoms with Crippen LogP contribution in [0, 0.1) is 10.1 Å². The van der Waals surface area contributed by atoms with E-state index in [-0.39, 0.29) is 17.2 Å². The largest absolute Gasteiger partial charge is 0.376 e. The van der Waals surface area contributed by atoms with Crippen LogP contribution in [0.1, 0.15) is 17.3 Å². The van der Waals surface area contributed by atoms with Gasteiger partial charge in [0.05, 0.1) is 4.92 Å². The van der Waals surface area contributed by atoms with Crippen LogP contribution in [0.3, 0.4) is 0 Å². The average Bonchev–Trinajstić information content (AvgIpc) is 2.34. The number of anilines is 1. The highest BCUT2D eigenvalue weighted by Crippen LogP contribution is 2.25. The number of nitrogens with zero attached hydrogens (tertiary/aromatic N) is 1. The van der Waals surface area contributed by atoms with E-state index in [1.54, 1.807) is 0 Å². The van der Waals surface area contributed by atoms with Gasteiger partial charge in [-0.2, -0.15) is 0 Å². The SMILES string of the molecule is C=C(C)CNc1ccc(C(=O)NC)cc1[N+](=O)[O-]. The van der Waals surface area contributed by atoms with Crippen molar-refractivity contribution in [3.63, 3.8) is 0 Å². The molecule has 0 spiro atoms. The summed E-state index contributed by atoms with van der Waals surface area (Å²) in [5, 5.41) is 16.3. The Balaban J connectivity index is 3.08. The summed E-state index contributed by atoms with van der Waals surface area (Å²) in [5.41, 5.74) is 1.36. The van der Waals surface area contributed by atoms with Crippen molar-refractivity contribution in [3.05, 3.63) is 46.0 Å². The van der Waals surface area contributed by atoms with Gasteiger partial charge >= 0.3 is 0 Å². The van der Waals surface area contributed by atoms with Gasteiger partial charge < -0.3 is 10.6 Å². The molecular formula is C12H15N3O3. The summed E-state index contributed by atoms with van der Waals surface area (Å²) in [4.78, 5) is 21.8. The van der Waals surface area contributed by atoms with Crippen molar-refractivity contribution >= 4 is 17.3 Å². The van der Waals surface area contributed by atoms with E-state index < -0.39 is 4.92 Å². The van der Waals surface area contributed by atoms with Crippen LogP contribution in [0.5, 0.6) is 0 Å². The van der Waals surface area contributed by atoms with E-state index in [0.29, 0.717) is 12.2 Å². The highest BCUT2D eigenvalue weighted by Gasteiger charge is 2.16. The van der Waals surface area contributed by atoms with E-state index in [4.69, 9.17) is 0 Å². The molecule has 6 heteroatoms. The first-order valence-electron chi connectivity index (χ1n) is 5.34. The van der Waals surface area contributed by atoms with Gasteiger partial charge in [0.15, 0.2) is 0 Å². The van der Waals surface area contributed by atoms with E-state index in [1.807, 2.05) is 6.92 Å². The normalized spacial score (nSPS) is 9.67. The summed E-state index contributed by atoms with van der Waals surface area (Å²) in [5.74, 6) is -0.357. The zero-order chi connectivity index (χ0) is 13.7. The second kappa shape index (κ2) is 5.81. The van der Waals surface area contributed by atoms with Gasteiger partial charge in [-0.3, -0.25) is 14.9 Å². The molecule has 0 aliphatic rings. The minimum absolute atomic E-state index is 0.127. The molecule has 6 nitrogen and oxygen atoms in total. The molecule has 1 amide bonds. The minimum Gasteiger partial charge on any atom is -0.376 e. The molecule has 0 radical (unpaired) electrons. The summed E-state index contributed by atoms with van der Waals surface area (Å²) in [7, 11) is 1.47. The summed E-state index contributed by atoms with van der Waals surface area (Å²) in [6.45, 7) is 5.97. The number of nitrogens with one attached hydrogen (secondary N) is 2. The van der Waals surface area contributed by atoms with E-state index in [9.17, 15) is 14.9 Å². The van der Waals surface area contributed by atoms with Crippen LogP contribution < -0.4 is 10.6 Å². The standard InChI is InChI=1S/C12H15N3O3/c1-8(2)7-14-10-5-4-9(12(16)13-3)6-11(10)15(17)18/h4-6,14H,1,7H2,2-3H3,(H,13,16). The number of benzene rings is 1. The van der Waals surface area contributed by atoms with Crippen molar-refractivity contribution < 1.29 is 9.72 Å². The van der Waals surface area contributed by atoms with E-state index in [2.05, 4.69) is 17.2 Å². The molecule has 0 saturated heterocycles. The first-order chi connectivity index (χ1) is 8.45. The van der Waals surface area contributed by atoms with Crippen LogP contribution in [-0.4, -0.2) is 24.4 Å². The van der Waals surface area contributed by atoms with Crippen molar-refractivity contribution in [3.8, 4) is 0 Å². The Bertz CT molecular complexity index is 497. The molecule has 1 aromatic carbocycles. The molecule has 96 valence electrons. The molecule has 18 heavy (non-hydrogen) atoms. The fourth-order valence-electron chi connectivity index (χ4n) is 1.36. The van der Waals surface area contributed by atoms with Gasteiger partial charge in [-0.05, 0) is 19.1 Å². The maximum Gasteiger partial charge on any atom is 0.293 e. The van der Waals surface area contributed by atoms with Crippen LogP contribution in [0.4, 0.5) is 11.4 Å². The van der Waals surface area contributed by atoms with Gasteiger partial charge in [-0.25, -0.2) is 0 Å². The lowest BCUT2D eigenvalue weighted by Gasteiger charge is -2.08. The van der Waals surface area contributed by atoms with E-state index in [0.717, 1.165) is 5.57 Å². The molecule has 0 heterocycles. The van der Waals surface area contributed by atoms with Crippen molar-refractivity contribution in [2.45, 2.75) is 6.92 Å². The predicted octanol–water partition coefficient (Wildman–Crippen LogP) is 1.94. The zero-order valence-corrected chi connectivity index (χ0v) is 10.3. The molecule has 0 aromatic heterocycles. The van der Waals surface area contributed by atoms with Crippen LogP contribution >= 0.6 is 0 Å². The number of hydrogen-bond acceptors (Lipinski definition) is 4. The molecule has 0 unspecified atom stereocenters. The molecule has 0 bridgehead atoms. The molecular weight excluding hydrogens is 234 g/mol. The van der Waals surface area contributed by atoms with Crippen molar-refractivity contribution in [1.82, 2.24) is 5.32 Å². The number of carbonyl (C=O) groups is 1. The van der Waals surface area contributed by atoms with Gasteiger partial charge in [0.1, 0.15) is 5.69 Å². The molecule has 1 aromatic rings. The molecule has 1 rings (SSSR count). The third kappa shape index (κ3) is 3.31. The van der Waals surface area contributed by atoms with Gasteiger partial charge in [-0.15, -0.1) is 0 Å². The highest BCUT2D eigenvalue weighted by atomic mass is 16.6. The Morgan fingerprint density at radius 3 is 2.67 bits per heavy atom. The Morgan fingerprint density at radius 1 is 1.50 bits per heavy atom. The Morgan fingerprint density at radius 2 is 2.17 bits per heavy atom. The first-order valence-corrected chi connectivity index (χ1v) is 5.34. The lowest BCUT2D eigenvalue weighted by molar-refractivity contribution is -0.384. The molecule has 0 aliphatic heterocycles. The monoisotopic (exact) mass is 249 g/mol. The predicted molar refractivity (Wildman–Crippen MR) is 69.8 cm³/mol. The third-order valence-electron chi connectivity index (χ3n) is 2.26. The minimum atomic E-state index is -0.521. The van der Waals surface area contributed by atoms with Gasteiger partial charge in [0, 0.05) is 25.2 Å². The van der Waals surface area contributed by atoms with Crippen LogP contribution in [-0.2, 0) is 0 Å². The number of amides is 1. The smallest absolute Gasteiger partial charge is 0.293 e. The number of nitro benzene ring substituents is 1. The van der Waals surface area contributed by atoms with E-state index >= 15 is 0 Å². The van der Waals surface area contributed by atoms with Crippen LogP contribution in [0.15, 0.2) is 30.4 Å². The van der Waals surface area contributed by atoms with Crippen molar-refractivity contribution in [1.29, 1.82) is 0 Å². The second-order valence-corrected chi connectivity index (χ2v) is 3.88. The maximum absolute atomic E-state index is 11.4. The Hall–Kier alpha value is -2.37. The number of rotatable bonds is 5. The fourth-order valence-corrected chi connectivity index (χ4v) is 1.36. The molecule has 0 saturated carbocycles. The van der Waals surface area contributed by atoms with Gasteiger partial charge in [0.25, 0.3) is 11.6 Å². The summed E-state index contributed by atoms with van der Waals surface area (Å²) < 4.78 is 0. The quantitative estimate of drug-likeness (QED) is 0.474. The fraction of sp³-hybridized carbons (Fsp3) is 0.250. The molecule has 2 N–H and O–H groups in total. The van der Waals surface area contributed by atoms with Crippen molar-refractivity contribution in [2.24, 2.45) is 0 Å². The second-order valence-electron chi connectivity index (χ2n) is 3.88. The lowest BCUT2D eigenvalue weighted by atomic mass is 10.1. The van der Waals surface area contributed by atoms with Gasteiger partial charge in [0.2, 0.25) is 0 Å². The Kier molecular flexibility index (Phi) is 4.42. The maximum atomic E-state index is 11.4. The molecule has 0 aliphatic carbocycles. The highest BCUT2D eigenvalue weighted by molar-refractivity contribution is 5.95. The summed E-state index contributed by atoms with van der Waals surface area (Å²) in [6.07, 6.45) is 0. The zero-order valence-electron chi connectivity index (χ0n) is 10.3. The van der Waals surface area contributed by atoms with Gasteiger partial charge in [-0.1, -0.05) is 12.2 Å². The van der Waals surface area contributed by atoms with Crippen LogP contribution in [0.2, 0.25) is 0 Å². The lowest BCUT2D eigenvalue weighted by Crippen LogP contribution is -2.18. The van der Waals surface area contributed by atoms with Crippen molar-refractivity contribution in [2.75, 3.05) is 18.9 Å². The average molecular weight is 249 g/mol. The third-order valence-corrected chi connectivity index (χ3v) is 2.26. The number of nitro groups is 1. The van der Waals surface area contributed by atoms with Crippen LogP contribution in [0.25, 0.3) is 0 Å². The first kappa shape index (κ1) is 13.7. The topological polar surface area (TPSA) is 84.3 Å². The number of hydrogen-bond donors (Lipinski definition) is 2. The number of carbonyl (C=O) groups excluding carboxylic acids is 1. The summed E-state index contributed by atoms with van der Waals surface area (Å²) in [6, 6.07) is 4.30. The van der Waals surface area contributed by atoms with E-state index in [1.165, 1.54) is 25.2 Å².